The fourth-order valence-corrected chi connectivity index (χ4v) is 3.01. The maximum Gasteiger partial charge on any atom is 0.410 e. The smallest absolute Gasteiger partial charge is 0.410 e. The Labute approximate surface area is 148 Å². The predicted octanol–water partition coefficient (Wildman–Crippen LogP) is 2.99. The Bertz CT molecular complexity index is 762. The van der Waals surface area contributed by atoms with Gasteiger partial charge in [0.05, 0.1) is 0 Å². The topological polar surface area (TPSA) is 65.9 Å². The lowest BCUT2D eigenvalue weighted by molar-refractivity contribution is 0.0138. The number of amides is 1. The third-order valence-electron chi connectivity index (χ3n) is 4.32. The Morgan fingerprint density at radius 1 is 1.20 bits per heavy atom. The van der Waals surface area contributed by atoms with Crippen molar-refractivity contribution in [1.29, 1.82) is 0 Å². The van der Waals surface area contributed by atoms with Crippen LogP contribution < -0.4 is 0 Å². The number of aromatic hydroxyl groups is 1. The maximum absolute atomic E-state index is 12.1. The molecule has 25 heavy (non-hydrogen) atoms. The predicted molar refractivity (Wildman–Crippen MR) is 96.5 cm³/mol. The van der Waals surface area contributed by atoms with E-state index in [1.165, 1.54) is 0 Å². The average Bonchev–Trinajstić information content (AvgIpc) is 2.56. The summed E-state index contributed by atoms with van der Waals surface area (Å²) in [6.07, 6.45) is 3.29. The van der Waals surface area contributed by atoms with E-state index in [1.54, 1.807) is 23.4 Å². The first-order valence-corrected chi connectivity index (χ1v) is 8.58. The molecule has 0 aliphatic carbocycles. The average molecular weight is 343 g/mol. The highest BCUT2D eigenvalue weighted by Gasteiger charge is 2.26. The summed E-state index contributed by atoms with van der Waals surface area (Å²) in [7, 11) is 0. The summed E-state index contributed by atoms with van der Waals surface area (Å²) in [6.45, 7) is 8.99. The number of fused-ring (bicyclic) bond motifs is 1. The van der Waals surface area contributed by atoms with Crippen molar-refractivity contribution in [3.05, 3.63) is 36.2 Å². The van der Waals surface area contributed by atoms with E-state index in [2.05, 4.69) is 9.88 Å². The zero-order chi connectivity index (χ0) is 18.0. The SMILES string of the molecule is CC(C)(C)OC(=O)N1CCN(Cc2c(O)ccc3ccncc23)CC1. The summed E-state index contributed by atoms with van der Waals surface area (Å²) in [6, 6.07) is 5.57. The summed E-state index contributed by atoms with van der Waals surface area (Å²) in [5.41, 5.74) is 0.409. The molecular weight excluding hydrogens is 318 g/mol. The molecule has 6 nitrogen and oxygen atoms in total. The largest absolute Gasteiger partial charge is 0.508 e. The molecule has 6 heteroatoms. The number of ether oxygens (including phenoxy) is 1. The minimum Gasteiger partial charge on any atom is -0.508 e. The summed E-state index contributed by atoms with van der Waals surface area (Å²) in [5, 5.41) is 12.3. The second-order valence-corrected chi connectivity index (χ2v) is 7.40. The van der Waals surface area contributed by atoms with Crippen molar-refractivity contribution in [1.82, 2.24) is 14.8 Å². The van der Waals surface area contributed by atoms with Gasteiger partial charge in [0.25, 0.3) is 0 Å². The van der Waals surface area contributed by atoms with Crippen molar-refractivity contribution in [2.24, 2.45) is 0 Å². The van der Waals surface area contributed by atoms with Crippen molar-refractivity contribution in [2.45, 2.75) is 32.9 Å². The van der Waals surface area contributed by atoms with Crippen LogP contribution >= 0.6 is 0 Å². The molecule has 0 bridgehead atoms. The van der Waals surface area contributed by atoms with Crippen LogP contribution in [0.1, 0.15) is 26.3 Å². The Morgan fingerprint density at radius 3 is 2.60 bits per heavy atom. The van der Waals surface area contributed by atoms with Gasteiger partial charge in [-0.1, -0.05) is 6.07 Å². The van der Waals surface area contributed by atoms with Crippen LogP contribution in [0.25, 0.3) is 10.8 Å². The number of phenols is 1. The lowest BCUT2D eigenvalue weighted by atomic mass is 10.0. The van der Waals surface area contributed by atoms with Crippen LogP contribution in [0, 0.1) is 0 Å². The molecule has 1 N–H and O–H groups in total. The number of carbonyl (C=O) groups excluding carboxylic acids is 1. The van der Waals surface area contributed by atoms with Gasteiger partial charge in [0.1, 0.15) is 11.4 Å². The molecule has 0 spiro atoms. The molecule has 1 saturated heterocycles. The van der Waals surface area contributed by atoms with Gasteiger partial charge < -0.3 is 14.7 Å². The highest BCUT2D eigenvalue weighted by atomic mass is 16.6. The van der Waals surface area contributed by atoms with E-state index in [1.807, 2.05) is 32.9 Å². The van der Waals surface area contributed by atoms with E-state index in [4.69, 9.17) is 4.74 Å². The van der Waals surface area contributed by atoms with Crippen molar-refractivity contribution >= 4 is 16.9 Å². The molecular formula is C19H25N3O3. The first-order valence-electron chi connectivity index (χ1n) is 8.58. The number of pyridine rings is 1. The van der Waals surface area contributed by atoms with Crippen LogP contribution in [0.5, 0.6) is 5.75 Å². The third kappa shape index (κ3) is 4.20. The second-order valence-electron chi connectivity index (χ2n) is 7.40. The number of rotatable bonds is 2. The number of phenolic OH excluding ortho intramolecular Hbond substituents is 1. The molecule has 1 amide bonds. The summed E-state index contributed by atoms with van der Waals surface area (Å²) >= 11 is 0. The molecule has 0 saturated carbocycles. The Hall–Kier alpha value is -2.34. The van der Waals surface area contributed by atoms with E-state index < -0.39 is 5.60 Å². The molecule has 2 aromatic rings. The molecule has 1 aliphatic rings. The molecule has 1 aromatic heterocycles. The molecule has 1 aliphatic heterocycles. The van der Waals surface area contributed by atoms with E-state index in [0.717, 1.165) is 29.4 Å². The monoisotopic (exact) mass is 343 g/mol. The van der Waals surface area contributed by atoms with Crippen LogP contribution in [0.15, 0.2) is 30.6 Å². The van der Waals surface area contributed by atoms with Gasteiger partial charge >= 0.3 is 6.09 Å². The molecule has 0 unspecified atom stereocenters. The first-order chi connectivity index (χ1) is 11.8. The van der Waals surface area contributed by atoms with Crippen LogP contribution in [0.4, 0.5) is 4.79 Å². The number of hydrogen-bond donors (Lipinski definition) is 1. The number of aromatic nitrogens is 1. The van der Waals surface area contributed by atoms with Crippen molar-refractivity contribution in [3.8, 4) is 5.75 Å². The third-order valence-corrected chi connectivity index (χ3v) is 4.32. The van der Waals surface area contributed by atoms with E-state index in [0.29, 0.717) is 19.6 Å². The zero-order valence-electron chi connectivity index (χ0n) is 15.0. The van der Waals surface area contributed by atoms with E-state index in [-0.39, 0.29) is 11.8 Å². The zero-order valence-corrected chi connectivity index (χ0v) is 15.0. The van der Waals surface area contributed by atoms with Crippen LogP contribution in [0.3, 0.4) is 0 Å². The Kier molecular flexibility index (Phi) is 4.81. The number of piperazine rings is 1. The standard InChI is InChI=1S/C19H25N3O3/c1-19(2,3)25-18(24)22-10-8-21(9-11-22)13-16-15-12-20-7-6-14(15)4-5-17(16)23/h4-7,12,23H,8-11,13H2,1-3H3. The highest BCUT2D eigenvalue weighted by Crippen LogP contribution is 2.28. The lowest BCUT2D eigenvalue weighted by Crippen LogP contribution is -2.49. The van der Waals surface area contributed by atoms with Crippen LogP contribution in [-0.2, 0) is 11.3 Å². The molecule has 1 fully saturated rings. The lowest BCUT2D eigenvalue weighted by Gasteiger charge is -2.35. The summed E-state index contributed by atoms with van der Waals surface area (Å²) in [4.78, 5) is 20.3. The van der Waals surface area contributed by atoms with E-state index in [9.17, 15) is 9.90 Å². The quantitative estimate of drug-likeness (QED) is 0.908. The Morgan fingerprint density at radius 2 is 1.92 bits per heavy atom. The molecule has 2 heterocycles. The maximum atomic E-state index is 12.1. The first kappa shape index (κ1) is 17.5. The molecule has 0 radical (unpaired) electrons. The van der Waals surface area contributed by atoms with Crippen molar-refractivity contribution < 1.29 is 14.6 Å². The second kappa shape index (κ2) is 6.88. The van der Waals surface area contributed by atoms with Crippen molar-refractivity contribution in [3.63, 3.8) is 0 Å². The fourth-order valence-electron chi connectivity index (χ4n) is 3.01. The van der Waals surface area contributed by atoms with Crippen molar-refractivity contribution in [2.75, 3.05) is 26.2 Å². The van der Waals surface area contributed by atoms with Gasteiger partial charge in [-0.3, -0.25) is 9.88 Å². The minimum atomic E-state index is -0.476. The fraction of sp³-hybridized carbons (Fsp3) is 0.474. The normalized spacial score (nSPS) is 16.2. The van der Waals surface area contributed by atoms with E-state index >= 15 is 0 Å². The van der Waals surface area contributed by atoms with Gasteiger partial charge in [-0.25, -0.2) is 4.79 Å². The van der Waals surface area contributed by atoms with Gasteiger partial charge in [0.2, 0.25) is 0 Å². The summed E-state index contributed by atoms with van der Waals surface area (Å²) in [5.74, 6) is 0.287. The molecule has 3 rings (SSSR count). The number of nitrogens with zero attached hydrogens (tertiary/aromatic N) is 3. The number of carbonyl (C=O) groups is 1. The minimum absolute atomic E-state index is 0.260. The van der Waals surface area contributed by atoms with Crippen LogP contribution in [-0.4, -0.2) is 57.8 Å². The molecule has 1 aromatic carbocycles. The summed E-state index contributed by atoms with van der Waals surface area (Å²) < 4.78 is 5.43. The van der Waals surface area contributed by atoms with Gasteiger partial charge in [-0.05, 0) is 38.3 Å². The van der Waals surface area contributed by atoms with Crippen LogP contribution in [0.2, 0.25) is 0 Å². The Balaban J connectivity index is 1.65. The molecule has 134 valence electrons. The van der Waals surface area contributed by atoms with Gasteiger partial charge in [-0.15, -0.1) is 0 Å². The molecule has 0 atom stereocenters. The van der Waals surface area contributed by atoms with Gasteiger partial charge in [0, 0.05) is 56.1 Å². The van der Waals surface area contributed by atoms with Gasteiger partial charge in [0.15, 0.2) is 0 Å². The highest BCUT2D eigenvalue weighted by molar-refractivity contribution is 5.86. The number of hydrogen-bond acceptors (Lipinski definition) is 5. The number of benzene rings is 1. The van der Waals surface area contributed by atoms with Gasteiger partial charge in [-0.2, -0.15) is 0 Å².